The van der Waals surface area contributed by atoms with Crippen LogP contribution in [0.25, 0.3) is 10.7 Å². The van der Waals surface area contributed by atoms with E-state index < -0.39 is 11.5 Å². The van der Waals surface area contributed by atoms with Gasteiger partial charge in [0.15, 0.2) is 5.82 Å². The monoisotopic (exact) mass is 370 g/mol. The minimum absolute atomic E-state index is 0.200. The first-order valence-corrected chi connectivity index (χ1v) is 8.56. The maximum atomic E-state index is 12.5. The molecule has 0 aliphatic rings. The van der Waals surface area contributed by atoms with Crippen LogP contribution in [-0.4, -0.2) is 22.6 Å². The molecular formula is C15H12F2N2O3S2. The molecule has 0 unspecified atom stereocenters. The topological polar surface area (TPSA) is 57.3 Å². The maximum Gasteiger partial charge on any atom is 0.442 e. The zero-order valence-corrected chi connectivity index (χ0v) is 14.1. The van der Waals surface area contributed by atoms with Crippen LogP contribution < -0.4 is 10.5 Å². The highest BCUT2D eigenvalue weighted by Gasteiger charge is 2.16. The van der Waals surface area contributed by atoms with Gasteiger partial charge in [-0.15, -0.1) is 11.3 Å². The van der Waals surface area contributed by atoms with Crippen molar-refractivity contribution in [2.45, 2.75) is 17.2 Å². The molecule has 0 radical (unpaired) electrons. The summed E-state index contributed by atoms with van der Waals surface area (Å²) in [5, 5.41) is 5.68. The number of nitrogens with zero attached hydrogens (tertiary/aromatic N) is 2. The van der Waals surface area contributed by atoms with E-state index in [0.717, 1.165) is 4.88 Å². The molecule has 2 aromatic heterocycles. The molecular weight excluding hydrogens is 358 g/mol. The summed E-state index contributed by atoms with van der Waals surface area (Å²) in [6, 6.07) is 8.53. The summed E-state index contributed by atoms with van der Waals surface area (Å²) in [5.74, 6) is -2.35. The van der Waals surface area contributed by atoms with Gasteiger partial charge < -0.3 is 4.74 Å². The lowest BCUT2D eigenvalue weighted by atomic mass is 10.2. The first kappa shape index (κ1) is 16.7. The van der Waals surface area contributed by atoms with Crippen molar-refractivity contribution in [3.8, 4) is 16.5 Å². The Balaban J connectivity index is 1.92. The first-order valence-electron chi connectivity index (χ1n) is 6.80. The Kier molecular flexibility index (Phi) is 5.00. The minimum Gasteiger partial charge on any atom is -0.496 e. The predicted molar refractivity (Wildman–Crippen MR) is 88.0 cm³/mol. The van der Waals surface area contributed by atoms with Crippen molar-refractivity contribution in [3.63, 3.8) is 0 Å². The van der Waals surface area contributed by atoms with E-state index in [1.165, 1.54) is 23.0 Å². The van der Waals surface area contributed by atoms with E-state index in [9.17, 15) is 13.6 Å². The van der Waals surface area contributed by atoms with Gasteiger partial charge in [0.2, 0.25) is 0 Å². The van der Waals surface area contributed by atoms with E-state index in [4.69, 9.17) is 9.26 Å². The maximum absolute atomic E-state index is 12.5. The van der Waals surface area contributed by atoms with Crippen LogP contribution in [-0.2, 0) is 6.54 Å². The number of halogens is 2. The lowest BCUT2D eigenvalue weighted by Gasteiger charge is -2.10. The molecule has 3 rings (SSSR count). The van der Waals surface area contributed by atoms with E-state index in [1.54, 1.807) is 18.2 Å². The van der Waals surface area contributed by atoms with Crippen molar-refractivity contribution < 1.29 is 18.0 Å². The summed E-state index contributed by atoms with van der Waals surface area (Å²) >= 11 is 1.85. The second-order valence-corrected chi connectivity index (χ2v) is 6.68. The van der Waals surface area contributed by atoms with Crippen molar-refractivity contribution in [2.24, 2.45) is 0 Å². The minimum atomic E-state index is -2.53. The van der Waals surface area contributed by atoms with Gasteiger partial charge in [-0.3, -0.25) is 9.09 Å². The molecule has 0 amide bonds. The van der Waals surface area contributed by atoms with Crippen LogP contribution in [0.15, 0.2) is 49.9 Å². The summed E-state index contributed by atoms with van der Waals surface area (Å²) in [7, 11) is 1.41. The van der Waals surface area contributed by atoms with E-state index >= 15 is 0 Å². The van der Waals surface area contributed by atoms with Gasteiger partial charge in [-0.1, -0.05) is 29.1 Å². The SMILES string of the molecule is COc1cc(Cn2c(-c3cccs3)noc2=O)ccc1SC(F)F. The highest BCUT2D eigenvalue weighted by atomic mass is 32.2. The Hall–Kier alpha value is -2.13. The molecule has 0 bridgehead atoms. The van der Waals surface area contributed by atoms with Gasteiger partial charge in [0, 0.05) is 0 Å². The van der Waals surface area contributed by atoms with Crippen molar-refractivity contribution >= 4 is 23.1 Å². The zero-order chi connectivity index (χ0) is 17.1. The van der Waals surface area contributed by atoms with Crippen LogP contribution in [0.3, 0.4) is 0 Å². The molecule has 2 heterocycles. The van der Waals surface area contributed by atoms with Crippen LogP contribution in [0.4, 0.5) is 8.78 Å². The molecule has 0 aliphatic carbocycles. The molecule has 0 atom stereocenters. The smallest absolute Gasteiger partial charge is 0.442 e. The zero-order valence-electron chi connectivity index (χ0n) is 12.4. The van der Waals surface area contributed by atoms with E-state index in [-0.39, 0.29) is 6.54 Å². The summed E-state index contributed by atoms with van der Waals surface area (Å²) in [6.07, 6.45) is 0. The second kappa shape index (κ2) is 7.18. The Morgan fingerprint density at radius 2 is 2.25 bits per heavy atom. The Morgan fingerprint density at radius 3 is 2.92 bits per heavy atom. The van der Waals surface area contributed by atoms with Gasteiger partial charge in [-0.05, 0) is 29.1 Å². The molecule has 0 fully saturated rings. The predicted octanol–water partition coefficient (Wildman–Crippen LogP) is 3.94. The lowest BCUT2D eigenvalue weighted by Crippen LogP contribution is -2.16. The Labute approximate surface area is 143 Å². The summed E-state index contributed by atoms with van der Waals surface area (Å²) in [6.45, 7) is 0.200. The second-order valence-electron chi connectivity index (χ2n) is 4.70. The lowest BCUT2D eigenvalue weighted by molar-refractivity contribution is 0.251. The molecule has 24 heavy (non-hydrogen) atoms. The molecule has 0 saturated heterocycles. The molecule has 0 aliphatic heterocycles. The molecule has 1 aromatic carbocycles. The highest BCUT2D eigenvalue weighted by molar-refractivity contribution is 7.99. The van der Waals surface area contributed by atoms with Crippen LogP contribution >= 0.6 is 23.1 Å². The normalized spacial score (nSPS) is 11.2. The number of thioether (sulfide) groups is 1. The number of ether oxygens (including phenoxy) is 1. The van der Waals surface area contributed by atoms with Crippen LogP contribution in [0.5, 0.6) is 5.75 Å². The number of hydrogen-bond acceptors (Lipinski definition) is 6. The summed E-state index contributed by atoms with van der Waals surface area (Å²) < 4.78 is 36.4. The van der Waals surface area contributed by atoms with Crippen molar-refractivity contribution in [2.75, 3.05) is 7.11 Å². The van der Waals surface area contributed by atoms with Crippen LogP contribution in [0, 0.1) is 0 Å². The molecule has 0 N–H and O–H groups in total. The third kappa shape index (κ3) is 3.51. The molecule has 0 spiro atoms. The number of benzene rings is 1. The van der Waals surface area contributed by atoms with E-state index in [0.29, 0.717) is 33.8 Å². The van der Waals surface area contributed by atoms with Crippen molar-refractivity contribution in [1.29, 1.82) is 0 Å². The summed E-state index contributed by atoms with van der Waals surface area (Å²) in [5.41, 5.74) is 0.716. The quantitative estimate of drug-likeness (QED) is 0.615. The van der Waals surface area contributed by atoms with Gasteiger partial charge in [-0.2, -0.15) is 8.78 Å². The molecule has 126 valence electrons. The number of thiophene rings is 1. The van der Waals surface area contributed by atoms with Gasteiger partial charge >= 0.3 is 5.76 Å². The number of rotatable bonds is 6. The fraction of sp³-hybridized carbons (Fsp3) is 0.200. The fourth-order valence-corrected chi connectivity index (χ4v) is 3.49. The Bertz CT molecular complexity index is 875. The average molecular weight is 370 g/mol. The number of methoxy groups -OCH3 is 1. The molecule has 0 saturated carbocycles. The van der Waals surface area contributed by atoms with E-state index in [2.05, 4.69) is 5.16 Å². The van der Waals surface area contributed by atoms with Crippen molar-refractivity contribution in [1.82, 2.24) is 9.72 Å². The highest BCUT2D eigenvalue weighted by Crippen LogP contribution is 2.34. The van der Waals surface area contributed by atoms with Crippen LogP contribution in [0.2, 0.25) is 0 Å². The third-order valence-electron chi connectivity index (χ3n) is 3.21. The number of alkyl halides is 2. The van der Waals surface area contributed by atoms with Gasteiger partial charge in [-0.25, -0.2) is 4.79 Å². The summed E-state index contributed by atoms with van der Waals surface area (Å²) in [4.78, 5) is 13.1. The molecule has 3 aromatic rings. The number of hydrogen-bond donors (Lipinski definition) is 0. The van der Waals surface area contributed by atoms with Gasteiger partial charge in [0.05, 0.1) is 23.4 Å². The standard InChI is InChI=1S/C15H12F2N2O3S2/c1-21-10-7-9(4-5-11(10)24-14(16)17)8-19-13(18-22-15(19)20)12-3-2-6-23-12/h2-7,14H,8H2,1H3. The van der Waals surface area contributed by atoms with Crippen LogP contribution in [0.1, 0.15) is 5.56 Å². The third-order valence-corrected chi connectivity index (χ3v) is 4.85. The van der Waals surface area contributed by atoms with E-state index in [1.807, 2.05) is 17.5 Å². The largest absolute Gasteiger partial charge is 0.496 e. The fourth-order valence-electron chi connectivity index (χ4n) is 2.18. The average Bonchev–Trinajstić information content (AvgIpc) is 3.19. The van der Waals surface area contributed by atoms with Gasteiger partial charge in [0.25, 0.3) is 5.76 Å². The van der Waals surface area contributed by atoms with Gasteiger partial charge in [0.1, 0.15) is 5.75 Å². The first-order chi connectivity index (χ1) is 11.6. The Morgan fingerprint density at radius 1 is 1.42 bits per heavy atom. The number of aromatic nitrogens is 2. The van der Waals surface area contributed by atoms with Crippen molar-refractivity contribution in [3.05, 3.63) is 51.8 Å². The molecule has 9 heteroatoms. The molecule has 5 nitrogen and oxygen atoms in total.